The molecule has 6 rings (SSSR count). The summed E-state index contributed by atoms with van der Waals surface area (Å²) in [5.41, 5.74) is 2.78. The number of rotatable bonds is 14. The van der Waals surface area contributed by atoms with Crippen LogP contribution in [-0.4, -0.2) is 116 Å². The maximum Gasteiger partial charge on any atom is 0.412 e. The Hall–Kier alpha value is -4.85. The number of benzene rings is 3. The fraction of sp³-hybridized carbons (Fsp3) is 0.421. The van der Waals surface area contributed by atoms with Gasteiger partial charge in [-0.1, -0.05) is 24.3 Å². The summed E-state index contributed by atoms with van der Waals surface area (Å²) < 4.78 is 17.3. The molecule has 13 nitrogen and oxygen atoms in total. The number of carbonyl (C=O) groups excluding carboxylic acids is 3. The third-order valence-corrected chi connectivity index (χ3v) is 9.94. The van der Waals surface area contributed by atoms with Gasteiger partial charge in [-0.05, 0) is 62.2 Å². The van der Waals surface area contributed by atoms with Gasteiger partial charge < -0.3 is 44.3 Å². The van der Waals surface area contributed by atoms with Gasteiger partial charge in [0.1, 0.15) is 23.8 Å². The van der Waals surface area contributed by atoms with Gasteiger partial charge in [0, 0.05) is 66.9 Å². The number of aromatic nitrogens is 1. The number of aromatic amines is 1. The van der Waals surface area contributed by atoms with Gasteiger partial charge in [-0.2, -0.15) is 0 Å². The Labute approximate surface area is 306 Å². The van der Waals surface area contributed by atoms with Crippen LogP contribution in [-0.2, 0) is 14.3 Å². The first-order chi connectivity index (χ1) is 25.1. The van der Waals surface area contributed by atoms with Crippen molar-refractivity contribution in [1.82, 2.24) is 20.1 Å². The molecule has 14 heteroatoms. The van der Waals surface area contributed by atoms with Gasteiger partial charge in [-0.25, -0.2) is 4.79 Å². The number of H-pyrrole nitrogens is 1. The number of likely N-dealkylation sites (N-methyl/N-ethyl adjacent to an activating group) is 1. The molecule has 0 radical (unpaired) electrons. The van der Waals surface area contributed by atoms with Crippen molar-refractivity contribution in [3.05, 3.63) is 65.9 Å². The Morgan fingerprint density at radius 1 is 1.00 bits per heavy atom. The molecule has 3 amide bonds. The topological polar surface area (TPSA) is 154 Å². The Kier molecular flexibility index (Phi) is 11.8. The van der Waals surface area contributed by atoms with Crippen LogP contribution in [0.3, 0.4) is 0 Å². The third-order valence-electron chi connectivity index (χ3n) is 9.57. The number of ether oxygens (including phenoxy) is 3. The molecular weight excluding hydrogens is 690 g/mol. The van der Waals surface area contributed by atoms with E-state index in [1.165, 1.54) is 0 Å². The Balaban J connectivity index is 1.09. The molecule has 1 fully saturated rings. The molecule has 1 saturated heterocycles. The molecule has 3 aromatic carbocycles. The van der Waals surface area contributed by atoms with E-state index in [0.717, 1.165) is 39.5 Å². The molecule has 0 saturated carbocycles. The van der Waals surface area contributed by atoms with Crippen molar-refractivity contribution in [2.45, 2.75) is 25.2 Å². The fourth-order valence-corrected chi connectivity index (χ4v) is 7.03. The number of fused-ring (bicyclic) bond motifs is 4. The highest BCUT2D eigenvalue weighted by molar-refractivity contribution is 6.19. The molecule has 2 aliphatic heterocycles. The van der Waals surface area contributed by atoms with Crippen LogP contribution < -0.4 is 19.7 Å². The molecule has 1 unspecified atom stereocenters. The van der Waals surface area contributed by atoms with Crippen molar-refractivity contribution in [2.24, 2.45) is 5.92 Å². The van der Waals surface area contributed by atoms with E-state index in [-0.39, 0.29) is 43.9 Å². The van der Waals surface area contributed by atoms with Gasteiger partial charge in [-0.3, -0.25) is 14.4 Å². The maximum atomic E-state index is 14.1. The summed E-state index contributed by atoms with van der Waals surface area (Å²) in [4.78, 5) is 59.3. The van der Waals surface area contributed by atoms with E-state index in [1.54, 1.807) is 15.9 Å². The van der Waals surface area contributed by atoms with Crippen LogP contribution in [0.2, 0.25) is 0 Å². The fourth-order valence-electron chi connectivity index (χ4n) is 6.78. The summed E-state index contributed by atoms with van der Waals surface area (Å²) >= 11 is 6.47. The second kappa shape index (κ2) is 16.7. The molecule has 3 heterocycles. The number of alkyl halides is 1. The lowest BCUT2D eigenvalue weighted by Gasteiger charge is -2.30. The summed E-state index contributed by atoms with van der Waals surface area (Å²) in [6.07, 6.45) is 0.393. The number of hydrogen-bond acceptors (Lipinski definition) is 8. The number of nitrogens with one attached hydrogen (secondary N) is 2. The number of halogens is 1. The number of carboxylic acids is 1. The molecule has 0 spiro atoms. The quantitative estimate of drug-likeness (QED) is 0.119. The van der Waals surface area contributed by atoms with E-state index in [1.807, 2.05) is 67.5 Å². The lowest BCUT2D eigenvalue weighted by molar-refractivity contribution is -0.146. The first-order valence-corrected chi connectivity index (χ1v) is 18.0. The van der Waals surface area contributed by atoms with Crippen molar-refractivity contribution in [3.8, 4) is 11.5 Å². The van der Waals surface area contributed by atoms with Crippen LogP contribution in [0.4, 0.5) is 10.5 Å². The first kappa shape index (κ1) is 36.9. The zero-order valence-electron chi connectivity index (χ0n) is 29.4. The zero-order chi connectivity index (χ0) is 36.8. The third kappa shape index (κ3) is 8.43. The van der Waals surface area contributed by atoms with Crippen LogP contribution >= 0.6 is 11.6 Å². The zero-order valence-corrected chi connectivity index (χ0v) is 30.1. The SMILES string of the molecule is CN(C)CCOc1ccc2[nH]c(C(=O)N3CC(CCl)c4c3cc(OC(=O)NCCOCCC(=O)N3CCC(C(=O)O)CC3)c3ccccc43)cc2c1. The minimum Gasteiger partial charge on any atom is -0.492 e. The highest BCUT2D eigenvalue weighted by Crippen LogP contribution is 2.46. The van der Waals surface area contributed by atoms with E-state index in [2.05, 4.69) is 10.3 Å². The van der Waals surface area contributed by atoms with Crippen LogP contribution in [0.25, 0.3) is 21.7 Å². The minimum absolute atomic E-state index is 0.0805. The smallest absolute Gasteiger partial charge is 0.412 e. The molecule has 3 N–H and O–H groups in total. The number of amides is 3. The number of carbonyl (C=O) groups is 4. The monoisotopic (exact) mass is 733 g/mol. The number of nitrogens with zero attached hydrogens (tertiary/aromatic N) is 3. The van der Waals surface area contributed by atoms with Crippen molar-refractivity contribution in [1.29, 1.82) is 0 Å². The van der Waals surface area contributed by atoms with E-state index >= 15 is 0 Å². The van der Waals surface area contributed by atoms with Crippen LogP contribution in [0.5, 0.6) is 11.5 Å². The molecule has 52 heavy (non-hydrogen) atoms. The number of piperidine rings is 1. The molecule has 1 atom stereocenters. The molecule has 0 aliphatic carbocycles. The molecule has 0 bridgehead atoms. The molecule has 2 aliphatic rings. The van der Waals surface area contributed by atoms with Crippen molar-refractivity contribution in [2.75, 3.05) is 77.4 Å². The average Bonchev–Trinajstić information content (AvgIpc) is 3.74. The Morgan fingerprint density at radius 2 is 1.77 bits per heavy atom. The lowest BCUT2D eigenvalue weighted by atomic mass is 9.95. The number of anilines is 1. The van der Waals surface area contributed by atoms with E-state index in [0.29, 0.717) is 62.1 Å². The summed E-state index contributed by atoms with van der Waals surface area (Å²) in [5.74, 6) is -0.333. The van der Waals surface area contributed by atoms with Crippen molar-refractivity contribution in [3.63, 3.8) is 0 Å². The summed E-state index contributed by atoms with van der Waals surface area (Å²) in [6, 6.07) is 16.8. The molecule has 1 aromatic heterocycles. The second-order valence-electron chi connectivity index (χ2n) is 13.4. The van der Waals surface area contributed by atoms with Crippen LogP contribution in [0.15, 0.2) is 54.6 Å². The normalized spacial score (nSPS) is 16.0. The van der Waals surface area contributed by atoms with Crippen LogP contribution in [0, 0.1) is 5.92 Å². The number of likely N-dealkylation sites (tertiary alicyclic amines) is 1. The van der Waals surface area contributed by atoms with Gasteiger partial charge in [0.05, 0.1) is 31.2 Å². The molecular formula is C38H44ClN5O8. The largest absolute Gasteiger partial charge is 0.492 e. The summed E-state index contributed by atoms with van der Waals surface area (Å²) in [6.45, 7) is 3.05. The minimum atomic E-state index is -0.819. The van der Waals surface area contributed by atoms with Gasteiger partial charge in [0.25, 0.3) is 5.91 Å². The first-order valence-electron chi connectivity index (χ1n) is 17.5. The van der Waals surface area contributed by atoms with E-state index in [4.69, 9.17) is 30.9 Å². The molecule has 276 valence electrons. The predicted octanol–water partition coefficient (Wildman–Crippen LogP) is 5.06. The predicted molar refractivity (Wildman–Crippen MR) is 198 cm³/mol. The van der Waals surface area contributed by atoms with Crippen molar-refractivity contribution >= 4 is 62.8 Å². The highest BCUT2D eigenvalue weighted by atomic mass is 35.5. The van der Waals surface area contributed by atoms with Gasteiger partial charge in [0.15, 0.2) is 0 Å². The average molecular weight is 734 g/mol. The number of hydrogen-bond donors (Lipinski definition) is 3. The highest BCUT2D eigenvalue weighted by Gasteiger charge is 2.36. The Morgan fingerprint density at radius 3 is 2.50 bits per heavy atom. The van der Waals surface area contributed by atoms with E-state index in [9.17, 15) is 19.2 Å². The number of carboxylic acid groups (broad SMARTS) is 1. The van der Waals surface area contributed by atoms with Gasteiger partial charge >= 0.3 is 12.1 Å². The van der Waals surface area contributed by atoms with Gasteiger partial charge in [-0.15, -0.1) is 11.6 Å². The standard InChI is InChI=1S/C38H44ClN5O8/c1-42(2)15-18-51-27-7-8-30-25(19-27)20-31(41-30)36(46)44-23-26(22-39)35-29-6-4-3-5-28(29)33(21-32(35)44)52-38(49)40-12-17-50-16-11-34(45)43-13-9-24(10-14-43)37(47)48/h3-8,19-21,24,26,41H,9-18,22-23H2,1-2H3,(H,40,49)(H,47,48). The number of aliphatic carboxylic acids is 1. The summed E-state index contributed by atoms with van der Waals surface area (Å²) in [5, 5.41) is 14.3. The summed E-state index contributed by atoms with van der Waals surface area (Å²) in [7, 11) is 3.97. The van der Waals surface area contributed by atoms with Crippen molar-refractivity contribution < 1.29 is 38.5 Å². The van der Waals surface area contributed by atoms with Crippen LogP contribution in [0.1, 0.15) is 41.2 Å². The Bertz CT molecular complexity index is 1940. The maximum absolute atomic E-state index is 14.1. The van der Waals surface area contributed by atoms with Gasteiger partial charge in [0.2, 0.25) is 5.91 Å². The molecule has 4 aromatic rings. The van der Waals surface area contributed by atoms with E-state index < -0.39 is 18.0 Å². The lowest BCUT2D eigenvalue weighted by Crippen LogP contribution is -2.40. The second-order valence-corrected chi connectivity index (χ2v) is 13.7.